The fourth-order valence-electron chi connectivity index (χ4n) is 2.82. The number of morpholine rings is 1. The summed E-state index contributed by atoms with van der Waals surface area (Å²) in [6, 6.07) is 15.9. The maximum absolute atomic E-state index is 13.2. The van der Waals surface area contributed by atoms with Crippen LogP contribution in [-0.4, -0.2) is 36.7 Å². The van der Waals surface area contributed by atoms with Crippen LogP contribution in [0.3, 0.4) is 0 Å². The summed E-state index contributed by atoms with van der Waals surface area (Å²) in [6.45, 7) is 1.62. The van der Waals surface area contributed by atoms with E-state index in [2.05, 4.69) is 17.4 Å². The number of amides is 2. The molecule has 0 bridgehead atoms. The highest BCUT2D eigenvalue weighted by molar-refractivity contribution is 5.89. The van der Waals surface area contributed by atoms with E-state index in [0.29, 0.717) is 25.4 Å². The van der Waals surface area contributed by atoms with E-state index in [0.717, 1.165) is 12.8 Å². The molecule has 4 nitrogen and oxygen atoms in total. The van der Waals surface area contributed by atoms with Gasteiger partial charge in [0, 0.05) is 18.8 Å². The number of nitrogens with zero attached hydrogens (tertiary/aromatic N) is 1. The van der Waals surface area contributed by atoms with Gasteiger partial charge in [-0.15, -0.1) is 0 Å². The first-order valence-corrected chi connectivity index (χ1v) is 8.18. The summed E-state index contributed by atoms with van der Waals surface area (Å²) >= 11 is 0. The molecule has 1 fully saturated rings. The van der Waals surface area contributed by atoms with Gasteiger partial charge in [-0.1, -0.05) is 36.4 Å². The van der Waals surface area contributed by atoms with Gasteiger partial charge < -0.3 is 15.0 Å². The lowest BCUT2D eigenvalue weighted by Crippen LogP contribution is -2.47. The van der Waals surface area contributed by atoms with Crippen molar-refractivity contribution in [2.45, 2.75) is 18.9 Å². The minimum Gasteiger partial charge on any atom is -0.375 e. The number of hydrogen-bond donors (Lipinski definition) is 1. The Labute approximate surface area is 141 Å². The van der Waals surface area contributed by atoms with Crippen molar-refractivity contribution in [2.75, 3.05) is 25.0 Å². The van der Waals surface area contributed by atoms with Gasteiger partial charge in [0.15, 0.2) is 0 Å². The number of ether oxygens (including phenoxy) is 1. The van der Waals surface area contributed by atoms with E-state index in [1.165, 1.54) is 17.7 Å². The third kappa shape index (κ3) is 4.55. The summed E-state index contributed by atoms with van der Waals surface area (Å²) in [5, 5.41) is 2.74. The monoisotopic (exact) mass is 328 g/mol. The summed E-state index contributed by atoms with van der Waals surface area (Å²) in [5.74, 6) is -0.365. The van der Waals surface area contributed by atoms with Crippen LogP contribution in [0, 0.1) is 5.82 Å². The van der Waals surface area contributed by atoms with Crippen LogP contribution in [-0.2, 0) is 11.2 Å². The van der Waals surface area contributed by atoms with E-state index in [9.17, 15) is 9.18 Å². The van der Waals surface area contributed by atoms with Crippen LogP contribution in [0.4, 0.5) is 14.9 Å². The van der Waals surface area contributed by atoms with Crippen LogP contribution in [0.15, 0.2) is 54.6 Å². The standard InChI is InChI=1S/C19H21FN2O2/c20-16-7-4-8-17(13-16)21-19(23)22-11-12-24-18(14-22)10-9-15-5-2-1-3-6-15/h1-8,13,18H,9-12,14H2,(H,21,23). The van der Waals surface area contributed by atoms with Crippen molar-refractivity contribution in [3.8, 4) is 0 Å². The van der Waals surface area contributed by atoms with Gasteiger partial charge in [0.2, 0.25) is 0 Å². The number of nitrogens with one attached hydrogen (secondary N) is 1. The normalized spacial score (nSPS) is 17.5. The molecule has 0 spiro atoms. The van der Waals surface area contributed by atoms with Crippen LogP contribution >= 0.6 is 0 Å². The van der Waals surface area contributed by atoms with Crippen molar-refractivity contribution in [2.24, 2.45) is 0 Å². The van der Waals surface area contributed by atoms with E-state index in [-0.39, 0.29) is 18.0 Å². The summed E-state index contributed by atoms with van der Waals surface area (Å²) in [5.41, 5.74) is 1.73. The number of anilines is 1. The van der Waals surface area contributed by atoms with Crippen LogP contribution < -0.4 is 5.32 Å². The topological polar surface area (TPSA) is 41.6 Å². The Bertz CT molecular complexity index is 678. The molecule has 0 radical (unpaired) electrons. The fourth-order valence-corrected chi connectivity index (χ4v) is 2.82. The van der Waals surface area contributed by atoms with Gasteiger partial charge in [0.05, 0.1) is 12.7 Å². The van der Waals surface area contributed by atoms with Crippen molar-refractivity contribution in [3.63, 3.8) is 0 Å². The molecule has 1 unspecified atom stereocenters. The molecule has 0 aromatic heterocycles. The molecule has 24 heavy (non-hydrogen) atoms. The zero-order chi connectivity index (χ0) is 16.8. The molecular formula is C19H21FN2O2. The number of benzene rings is 2. The predicted octanol–water partition coefficient (Wildman–Crippen LogP) is 3.69. The van der Waals surface area contributed by atoms with Gasteiger partial charge in [0.1, 0.15) is 5.82 Å². The third-order valence-corrected chi connectivity index (χ3v) is 4.10. The van der Waals surface area contributed by atoms with Crippen molar-refractivity contribution in [3.05, 3.63) is 66.0 Å². The molecule has 2 aromatic carbocycles. The molecule has 2 aromatic rings. The smallest absolute Gasteiger partial charge is 0.322 e. The minimum atomic E-state index is -0.365. The number of urea groups is 1. The Kier molecular flexibility index (Phi) is 5.43. The maximum Gasteiger partial charge on any atom is 0.322 e. The Hall–Kier alpha value is -2.40. The molecule has 126 valence electrons. The first-order valence-electron chi connectivity index (χ1n) is 8.18. The van der Waals surface area contributed by atoms with Gasteiger partial charge in [-0.3, -0.25) is 0 Å². The highest BCUT2D eigenvalue weighted by Crippen LogP contribution is 2.15. The summed E-state index contributed by atoms with van der Waals surface area (Å²) in [4.78, 5) is 14.1. The average molecular weight is 328 g/mol. The number of carbonyl (C=O) groups excluding carboxylic acids is 1. The van der Waals surface area contributed by atoms with Crippen LogP contribution in [0.25, 0.3) is 0 Å². The Balaban J connectivity index is 1.52. The molecule has 0 saturated carbocycles. The van der Waals surface area contributed by atoms with E-state index in [1.54, 1.807) is 17.0 Å². The lowest BCUT2D eigenvalue weighted by Gasteiger charge is -2.33. The minimum absolute atomic E-state index is 0.0252. The van der Waals surface area contributed by atoms with Gasteiger partial charge in [-0.2, -0.15) is 0 Å². The maximum atomic E-state index is 13.2. The van der Waals surface area contributed by atoms with E-state index in [1.807, 2.05) is 18.2 Å². The summed E-state index contributed by atoms with van der Waals surface area (Å²) in [6.07, 6.45) is 1.82. The SMILES string of the molecule is O=C(Nc1cccc(F)c1)N1CCOC(CCc2ccccc2)C1. The van der Waals surface area contributed by atoms with E-state index < -0.39 is 0 Å². The zero-order valence-corrected chi connectivity index (χ0v) is 13.5. The first-order chi connectivity index (χ1) is 11.7. The van der Waals surface area contributed by atoms with E-state index >= 15 is 0 Å². The molecule has 2 amide bonds. The van der Waals surface area contributed by atoms with Crippen LogP contribution in [0.5, 0.6) is 0 Å². The first kappa shape index (κ1) is 16.5. The number of hydrogen-bond acceptors (Lipinski definition) is 2. The Morgan fingerprint density at radius 1 is 1.21 bits per heavy atom. The average Bonchev–Trinajstić information content (AvgIpc) is 2.61. The molecule has 1 atom stereocenters. The molecular weight excluding hydrogens is 307 g/mol. The number of carbonyl (C=O) groups is 1. The lowest BCUT2D eigenvalue weighted by atomic mass is 10.1. The molecule has 1 N–H and O–H groups in total. The second-order valence-corrected chi connectivity index (χ2v) is 5.90. The summed E-state index contributed by atoms with van der Waals surface area (Å²) in [7, 11) is 0. The highest BCUT2D eigenvalue weighted by Gasteiger charge is 2.24. The molecule has 1 aliphatic heterocycles. The quantitative estimate of drug-likeness (QED) is 0.930. The van der Waals surface area contributed by atoms with E-state index in [4.69, 9.17) is 4.74 Å². The van der Waals surface area contributed by atoms with Crippen molar-refractivity contribution < 1.29 is 13.9 Å². The largest absolute Gasteiger partial charge is 0.375 e. The molecule has 1 saturated heterocycles. The van der Waals surface area contributed by atoms with Crippen molar-refractivity contribution in [1.82, 2.24) is 4.90 Å². The Morgan fingerprint density at radius 2 is 2.04 bits per heavy atom. The third-order valence-electron chi connectivity index (χ3n) is 4.10. The predicted molar refractivity (Wildman–Crippen MR) is 91.5 cm³/mol. The van der Waals surface area contributed by atoms with Crippen LogP contribution in [0.1, 0.15) is 12.0 Å². The van der Waals surface area contributed by atoms with Gasteiger partial charge in [0.25, 0.3) is 0 Å². The lowest BCUT2D eigenvalue weighted by molar-refractivity contribution is -0.0157. The number of aryl methyl sites for hydroxylation is 1. The van der Waals surface area contributed by atoms with Crippen molar-refractivity contribution in [1.29, 1.82) is 0 Å². The fraction of sp³-hybridized carbons (Fsp3) is 0.316. The molecule has 5 heteroatoms. The second kappa shape index (κ2) is 7.93. The number of rotatable bonds is 4. The van der Waals surface area contributed by atoms with Gasteiger partial charge >= 0.3 is 6.03 Å². The van der Waals surface area contributed by atoms with Crippen LogP contribution in [0.2, 0.25) is 0 Å². The Morgan fingerprint density at radius 3 is 2.83 bits per heavy atom. The van der Waals surface area contributed by atoms with Crippen molar-refractivity contribution >= 4 is 11.7 Å². The zero-order valence-electron chi connectivity index (χ0n) is 13.5. The highest BCUT2D eigenvalue weighted by atomic mass is 19.1. The molecule has 0 aliphatic carbocycles. The summed E-state index contributed by atoms with van der Waals surface area (Å²) < 4.78 is 19.0. The van der Waals surface area contributed by atoms with Gasteiger partial charge in [-0.25, -0.2) is 9.18 Å². The molecule has 1 heterocycles. The number of halogens is 1. The molecule has 3 rings (SSSR count). The second-order valence-electron chi connectivity index (χ2n) is 5.90. The van der Waals surface area contributed by atoms with Gasteiger partial charge in [-0.05, 0) is 36.6 Å². The molecule has 1 aliphatic rings.